The maximum Gasteiger partial charge on any atom is 0.234 e. The molecule has 0 spiro atoms. The number of carbonyl (C=O) groups excluding carboxylic acids is 1. The standard InChI is InChI=1S/C11H22N2O/c1-8(2)13-11(14)7-12-6-9(3)10-4-5-10/h8-10,12H,4-7H2,1-3H3,(H,13,14). The lowest BCUT2D eigenvalue weighted by Crippen LogP contribution is -2.39. The van der Waals surface area contributed by atoms with Gasteiger partial charge in [0.15, 0.2) is 0 Å². The topological polar surface area (TPSA) is 41.1 Å². The van der Waals surface area contributed by atoms with Gasteiger partial charge in [-0.1, -0.05) is 6.92 Å². The Balaban J connectivity index is 1.99. The van der Waals surface area contributed by atoms with Gasteiger partial charge in [-0.3, -0.25) is 4.79 Å². The minimum Gasteiger partial charge on any atom is -0.353 e. The van der Waals surface area contributed by atoms with Crippen molar-refractivity contribution in [3.63, 3.8) is 0 Å². The molecule has 1 aliphatic rings. The van der Waals surface area contributed by atoms with Crippen molar-refractivity contribution >= 4 is 5.91 Å². The second-order valence-corrected chi connectivity index (χ2v) is 4.67. The van der Waals surface area contributed by atoms with Gasteiger partial charge in [0.1, 0.15) is 0 Å². The normalized spacial score (nSPS) is 18.3. The van der Waals surface area contributed by atoms with Crippen LogP contribution in [0.3, 0.4) is 0 Å². The fourth-order valence-electron chi connectivity index (χ4n) is 1.62. The van der Waals surface area contributed by atoms with Gasteiger partial charge in [-0.15, -0.1) is 0 Å². The third-order valence-corrected chi connectivity index (χ3v) is 2.63. The van der Waals surface area contributed by atoms with Crippen LogP contribution in [0.15, 0.2) is 0 Å². The first-order valence-corrected chi connectivity index (χ1v) is 5.59. The van der Waals surface area contributed by atoms with Gasteiger partial charge in [0.2, 0.25) is 5.91 Å². The minimum absolute atomic E-state index is 0.1000. The summed E-state index contributed by atoms with van der Waals surface area (Å²) < 4.78 is 0. The van der Waals surface area contributed by atoms with Crippen LogP contribution in [0.2, 0.25) is 0 Å². The van der Waals surface area contributed by atoms with Gasteiger partial charge in [-0.2, -0.15) is 0 Å². The molecule has 0 aliphatic heterocycles. The highest BCUT2D eigenvalue weighted by molar-refractivity contribution is 5.78. The summed E-state index contributed by atoms with van der Waals surface area (Å²) in [7, 11) is 0. The summed E-state index contributed by atoms with van der Waals surface area (Å²) in [5.41, 5.74) is 0. The van der Waals surface area contributed by atoms with E-state index in [-0.39, 0.29) is 11.9 Å². The fraction of sp³-hybridized carbons (Fsp3) is 0.909. The van der Waals surface area contributed by atoms with Gasteiger partial charge in [0.05, 0.1) is 6.54 Å². The molecule has 0 aromatic carbocycles. The monoisotopic (exact) mass is 198 g/mol. The van der Waals surface area contributed by atoms with Crippen LogP contribution in [0.1, 0.15) is 33.6 Å². The molecule has 1 unspecified atom stereocenters. The van der Waals surface area contributed by atoms with Gasteiger partial charge >= 0.3 is 0 Å². The number of hydrogen-bond donors (Lipinski definition) is 2. The van der Waals surface area contributed by atoms with Crippen molar-refractivity contribution in [3.05, 3.63) is 0 Å². The van der Waals surface area contributed by atoms with E-state index in [1.54, 1.807) is 0 Å². The molecule has 0 saturated heterocycles. The summed E-state index contributed by atoms with van der Waals surface area (Å²) >= 11 is 0. The highest BCUT2D eigenvalue weighted by atomic mass is 16.1. The van der Waals surface area contributed by atoms with Crippen molar-refractivity contribution in [3.8, 4) is 0 Å². The Labute approximate surface area is 86.6 Å². The van der Waals surface area contributed by atoms with Crippen molar-refractivity contribution in [1.82, 2.24) is 10.6 Å². The maximum atomic E-state index is 11.2. The molecule has 0 heterocycles. The van der Waals surface area contributed by atoms with E-state index in [9.17, 15) is 4.79 Å². The first kappa shape index (κ1) is 11.5. The molecule has 82 valence electrons. The molecule has 1 fully saturated rings. The third-order valence-electron chi connectivity index (χ3n) is 2.63. The SMILES string of the molecule is CC(C)NC(=O)CNCC(C)C1CC1. The first-order valence-electron chi connectivity index (χ1n) is 5.59. The summed E-state index contributed by atoms with van der Waals surface area (Å²) in [6, 6.07) is 0.241. The van der Waals surface area contributed by atoms with Crippen molar-refractivity contribution in [1.29, 1.82) is 0 Å². The number of rotatable bonds is 6. The van der Waals surface area contributed by atoms with Gasteiger partial charge in [-0.25, -0.2) is 0 Å². The van der Waals surface area contributed by atoms with Crippen LogP contribution < -0.4 is 10.6 Å². The number of nitrogens with one attached hydrogen (secondary N) is 2. The summed E-state index contributed by atoms with van der Waals surface area (Å²) in [5.74, 6) is 1.74. The number of carbonyl (C=O) groups is 1. The molecule has 1 amide bonds. The highest BCUT2D eigenvalue weighted by Crippen LogP contribution is 2.35. The summed E-state index contributed by atoms with van der Waals surface area (Å²) in [6.07, 6.45) is 2.75. The van der Waals surface area contributed by atoms with Crippen LogP contribution in [-0.4, -0.2) is 25.0 Å². The quantitative estimate of drug-likeness (QED) is 0.672. The molecule has 0 aromatic heterocycles. The molecular formula is C11H22N2O. The molecule has 1 atom stereocenters. The van der Waals surface area contributed by atoms with Crippen LogP contribution in [0.5, 0.6) is 0 Å². The third kappa shape index (κ3) is 4.61. The predicted octanol–water partition coefficient (Wildman–Crippen LogP) is 1.15. The molecule has 0 aromatic rings. The Morgan fingerprint density at radius 3 is 2.50 bits per heavy atom. The maximum absolute atomic E-state index is 11.2. The lowest BCUT2D eigenvalue weighted by molar-refractivity contribution is -0.120. The molecule has 1 aliphatic carbocycles. The molecule has 2 N–H and O–H groups in total. The van der Waals surface area contributed by atoms with Crippen LogP contribution in [0, 0.1) is 11.8 Å². The lowest BCUT2D eigenvalue weighted by Gasteiger charge is -2.12. The second kappa shape index (κ2) is 5.35. The molecule has 1 saturated carbocycles. The van der Waals surface area contributed by atoms with E-state index < -0.39 is 0 Å². The fourth-order valence-corrected chi connectivity index (χ4v) is 1.62. The second-order valence-electron chi connectivity index (χ2n) is 4.67. The van der Waals surface area contributed by atoms with E-state index in [4.69, 9.17) is 0 Å². The van der Waals surface area contributed by atoms with E-state index in [0.717, 1.165) is 18.4 Å². The Morgan fingerprint density at radius 1 is 1.36 bits per heavy atom. The van der Waals surface area contributed by atoms with Gasteiger partial charge in [0.25, 0.3) is 0 Å². The van der Waals surface area contributed by atoms with Crippen molar-refractivity contribution in [2.24, 2.45) is 11.8 Å². The number of hydrogen-bond acceptors (Lipinski definition) is 2. The molecule has 14 heavy (non-hydrogen) atoms. The van der Waals surface area contributed by atoms with Crippen molar-refractivity contribution < 1.29 is 4.79 Å². The smallest absolute Gasteiger partial charge is 0.234 e. The summed E-state index contributed by atoms with van der Waals surface area (Å²) in [4.78, 5) is 11.2. The Morgan fingerprint density at radius 2 is 2.00 bits per heavy atom. The first-order chi connectivity index (χ1) is 6.59. The van der Waals surface area contributed by atoms with Gasteiger partial charge in [0, 0.05) is 6.04 Å². The predicted molar refractivity (Wildman–Crippen MR) is 58.0 cm³/mol. The zero-order valence-electron chi connectivity index (χ0n) is 9.47. The Hall–Kier alpha value is -0.570. The van der Waals surface area contributed by atoms with Crippen LogP contribution in [0.4, 0.5) is 0 Å². The molecule has 3 nitrogen and oxygen atoms in total. The van der Waals surface area contributed by atoms with E-state index in [1.165, 1.54) is 12.8 Å². The van der Waals surface area contributed by atoms with Crippen LogP contribution in [-0.2, 0) is 4.79 Å². The zero-order valence-corrected chi connectivity index (χ0v) is 9.47. The van der Waals surface area contributed by atoms with Crippen molar-refractivity contribution in [2.75, 3.05) is 13.1 Å². The summed E-state index contributed by atoms with van der Waals surface area (Å²) in [6.45, 7) is 7.63. The summed E-state index contributed by atoms with van der Waals surface area (Å²) in [5, 5.41) is 6.06. The van der Waals surface area contributed by atoms with E-state index >= 15 is 0 Å². The molecular weight excluding hydrogens is 176 g/mol. The van der Waals surface area contributed by atoms with E-state index in [2.05, 4.69) is 17.6 Å². The molecule has 0 bridgehead atoms. The number of amides is 1. The van der Waals surface area contributed by atoms with E-state index in [0.29, 0.717) is 6.54 Å². The minimum atomic E-state index is 0.1000. The van der Waals surface area contributed by atoms with Crippen LogP contribution >= 0.6 is 0 Å². The Bertz CT molecular complexity index is 188. The van der Waals surface area contributed by atoms with Crippen LogP contribution in [0.25, 0.3) is 0 Å². The van der Waals surface area contributed by atoms with Gasteiger partial charge in [-0.05, 0) is 45.1 Å². The molecule has 0 radical (unpaired) electrons. The van der Waals surface area contributed by atoms with Crippen molar-refractivity contribution in [2.45, 2.75) is 39.7 Å². The Kier molecular flexibility index (Phi) is 4.39. The largest absolute Gasteiger partial charge is 0.353 e. The average molecular weight is 198 g/mol. The zero-order chi connectivity index (χ0) is 10.6. The average Bonchev–Trinajstić information content (AvgIpc) is 2.84. The van der Waals surface area contributed by atoms with Gasteiger partial charge < -0.3 is 10.6 Å². The molecule has 3 heteroatoms. The van der Waals surface area contributed by atoms with E-state index in [1.807, 2.05) is 13.8 Å². The lowest BCUT2D eigenvalue weighted by atomic mass is 10.1. The molecule has 1 rings (SSSR count). The highest BCUT2D eigenvalue weighted by Gasteiger charge is 2.27.